The van der Waals surface area contributed by atoms with Crippen LogP contribution >= 0.6 is 0 Å². The zero-order valence-electron chi connectivity index (χ0n) is 9.81. The van der Waals surface area contributed by atoms with Crippen molar-refractivity contribution >= 4 is 16.1 Å². The molecule has 0 N–H and O–H groups in total. The molecule has 2 heterocycles. The highest BCUT2D eigenvalue weighted by Gasteiger charge is 2.37. The van der Waals surface area contributed by atoms with Gasteiger partial charge in [0.2, 0.25) is 16.1 Å². The quantitative estimate of drug-likeness (QED) is 0.453. The lowest BCUT2D eigenvalue weighted by molar-refractivity contribution is 0.935. The minimum Gasteiger partial charge on any atom is -0.126 e. The van der Waals surface area contributed by atoms with Gasteiger partial charge >= 0.3 is 0 Å². The molecule has 2 aliphatic rings. The summed E-state index contributed by atoms with van der Waals surface area (Å²) in [5.41, 5.74) is 13.2. The maximum Gasteiger partial charge on any atom is 0.215 e. The summed E-state index contributed by atoms with van der Waals surface area (Å²) in [5.74, 6) is 0. The SMILES string of the molecule is C#C[Si]1(C#C[Si]2(C#C)CCCC2)CCCC1. The summed E-state index contributed by atoms with van der Waals surface area (Å²) in [5, 5.41) is 0. The van der Waals surface area contributed by atoms with E-state index in [0.29, 0.717) is 0 Å². The highest BCUT2D eigenvalue weighted by Crippen LogP contribution is 2.31. The van der Waals surface area contributed by atoms with Gasteiger partial charge in [-0.15, -0.1) is 35.0 Å². The summed E-state index contributed by atoms with van der Waals surface area (Å²) in [4.78, 5) is 0. The molecule has 0 unspecified atom stereocenters. The van der Waals surface area contributed by atoms with Gasteiger partial charge in [-0.05, 0) is 24.2 Å². The predicted octanol–water partition coefficient (Wildman–Crippen LogP) is 2.90. The van der Waals surface area contributed by atoms with Crippen molar-refractivity contribution in [3.05, 3.63) is 0 Å². The standard InChI is InChI=1S/C14H18Si2/c1-3-15(9-5-6-10-15)13-14-16(4-2)11-7-8-12-16/h1-2H,5-12H2. The number of terminal acetylenes is 2. The first-order chi connectivity index (χ1) is 7.74. The summed E-state index contributed by atoms with van der Waals surface area (Å²) in [6, 6.07) is 4.86. The van der Waals surface area contributed by atoms with E-state index < -0.39 is 16.1 Å². The van der Waals surface area contributed by atoms with E-state index in [-0.39, 0.29) is 0 Å². The fourth-order valence-corrected chi connectivity index (χ4v) is 9.86. The van der Waals surface area contributed by atoms with Crippen molar-refractivity contribution in [2.45, 2.75) is 49.9 Å². The molecule has 0 aromatic heterocycles. The van der Waals surface area contributed by atoms with Crippen molar-refractivity contribution in [3.63, 3.8) is 0 Å². The summed E-state index contributed by atoms with van der Waals surface area (Å²) in [6.45, 7) is 0. The molecule has 0 aromatic rings. The van der Waals surface area contributed by atoms with Crippen molar-refractivity contribution in [1.29, 1.82) is 0 Å². The average molecular weight is 242 g/mol. The predicted molar refractivity (Wildman–Crippen MR) is 74.6 cm³/mol. The van der Waals surface area contributed by atoms with Gasteiger partial charge < -0.3 is 0 Å². The maximum absolute atomic E-state index is 5.71. The Morgan fingerprint density at radius 1 is 0.625 bits per heavy atom. The number of rotatable bonds is 0. The molecule has 0 radical (unpaired) electrons. The molecule has 0 amide bonds. The van der Waals surface area contributed by atoms with Crippen LogP contribution < -0.4 is 0 Å². The van der Waals surface area contributed by atoms with Crippen LogP contribution in [-0.4, -0.2) is 16.1 Å². The maximum atomic E-state index is 5.71. The molecule has 2 fully saturated rings. The van der Waals surface area contributed by atoms with Crippen LogP contribution in [0.25, 0.3) is 0 Å². The van der Waals surface area contributed by atoms with E-state index in [2.05, 4.69) is 22.2 Å². The second-order valence-electron chi connectivity index (χ2n) is 5.12. The van der Waals surface area contributed by atoms with E-state index in [4.69, 9.17) is 12.8 Å². The molecule has 0 saturated carbocycles. The minimum atomic E-state index is -1.63. The van der Waals surface area contributed by atoms with Gasteiger partial charge in [0, 0.05) is 0 Å². The zero-order valence-corrected chi connectivity index (χ0v) is 11.8. The third-order valence-electron chi connectivity index (χ3n) is 4.01. The van der Waals surface area contributed by atoms with Gasteiger partial charge in [0.1, 0.15) is 0 Å². The Hall–Kier alpha value is -0.886. The van der Waals surface area contributed by atoms with Gasteiger partial charge in [-0.2, -0.15) is 0 Å². The first-order valence-electron chi connectivity index (χ1n) is 6.24. The summed E-state index contributed by atoms with van der Waals surface area (Å²) >= 11 is 0. The molecule has 82 valence electrons. The van der Waals surface area contributed by atoms with E-state index in [9.17, 15) is 0 Å². The van der Waals surface area contributed by atoms with Crippen LogP contribution in [0.3, 0.4) is 0 Å². The molecule has 0 aliphatic carbocycles. The Bertz CT molecular complexity index is 361. The first kappa shape index (κ1) is 11.6. The van der Waals surface area contributed by atoms with Crippen LogP contribution in [0, 0.1) is 35.0 Å². The van der Waals surface area contributed by atoms with Crippen molar-refractivity contribution in [2.24, 2.45) is 0 Å². The monoisotopic (exact) mass is 242 g/mol. The molecule has 0 nitrogen and oxygen atoms in total. The molecular weight excluding hydrogens is 224 g/mol. The highest BCUT2D eigenvalue weighted by molar-refractivity contribution is 6.99. The molecule has 0 aromatic carbocycles. The Balaban J connectivity index is 2.20. The van der Waals surface area contributed by atoms with E-state index >= 15 is 0 Å². The fourth-order valence-electron chi connectivity index (χ4n) is 2.81. The van der Waals surface area contributed by atoms with Crippen molar-refractivity contribution < 1.29 is 0 Å². The van der Waals surface area contributed by atoms with Crippen LogP contribution in [0.15, 0.2) is 0 Å². The third-order valence-corrected chi connectivity index (χ3v) is 11.4. The minimum absolute atomic E-state index is 1.21. The zero-order chi connectivity index (χ0) is 11.5. The summed E-state index contributed by atoms with van der Waals surface area (Å²) in [6.07, 6.45) is 16.6. The molecule has 2 saturated heterocycles. The largest absolute Gasteiger partial charge is 0.215 e. The second-order valence-corrected chi connectivity index (χ2v) is 12.5. The molecule has 16 heavy (non-hydrogen) atoms. The third kappa shape index (κ3) is 2.12. The highest BCUT2D eigenvalue weighted by atomic mass is 28.3. The topological polar surface area (TPSA) is 0 Å². The van der Waals surface area contributed by atoms with E-state index in [1.54, 1.807) is 0 Å². The summed E-state index contributed by atoms with van der Waals surface area (Å²) in [7, 11) is -3.26. The van der Waals surface area contributed by atoms with Gasteiger partial charge in [0.25, 0.3) is 0 Å². The van der Waals surface area contributed by atoms with Gasteiger partial charge in [0.15, 0.2) is 0 Å². The van der Waals surface area contributed by atoms with Crippen LogP contribution in [0.4, 0.5) is 0 Å². The van der Waals surface area contributed by atoms with Crippen molar-refractivity contribution in [1.82, 2.24) is 0 Å². The lowest BCUT2D eigenvalue weighted by Gasteiger charge is -2.14. The van der Waals surface area contributed by atoms with Crippen molar-refractivity contribution in [3.8, 4) is 35.0 Å². The van der Waals surface area contributed by atoms with E-state index in [0.717, 1.165) is 0 Å². The molecule has 0 atom stereocenters. The van der Waals surface area contributed by atoms with Crippen LogP contribution in [0.1, 0.15) is 25.7 Å². The van der Waals surface area contributed by atoms with Gasteiger partial charge in [-0.3, -0.25) is 0 Å². The number of hydrogen-bond acceptors (Lipinski definition) is 0. The smallest absolute Gasteiger partial charge is 0.126 e. The Morgan fingerprint density at radius 2 is 0.938 bits per heavy atom. The van der Waals surface area contributed by atoms with Crippen LogP contribution in [0.5, 0.6) is 0 Å². The summed E-state index contributed by atoms with van der Waals surface area (Å²) < 4.78 is 0. The molecule has 0 bridgehead atoms. The van der Waals surface area contributed by atoms with E-state index in [1.165, 1.54) is 49.9 Å². The first-order valence-corrected chi connectivity index (χ1v) is 11.1. The Kier molecular flexibility index (Phi) is 3.29. The molecule has 0 spiro atoms. The van der Waals surface area contributed by atoms with Crippen LogP contribution in [0.2, 0.25) is 24.2 Å². The normalized spacial score (nSPS) is 25.1. The average Bonchev–Trinajstić information content (AvgIpc) is 2.97. The Labute approximate surface area is 101 Å². The number of hydrogen-bond donors (Lipinski definition) is 0. The molecule has 2 heteroatoms. The second kappa shape index (κ2) is 4.54. The van der Waals surface area contributed by atoms with Gasteiger partial charge in [-0.1, -0.05) is 25.7 Å². The van der Waals surface area contributed by atoms with E-state index in [1.807, 2.05) is 0 Å². The fraction of sp³-hybridized carbons (Fsp3) is 0.571. The Morgan fingerprint density at radius 3 is 1.19 bits per heavy atom. The lowest BCUT2D eigenvalue weighted by atomic mass is 10.4. The molecule has 2 aliphatic heterocycles. The van der Waals surface area contributed by atoms with Gasteiger partial charge in [0.05, 0.1) is 0 Å². The van der Waals surface area contributed by atoms with Crippen LogP contribution in [-0.2, 0) is 0 Å². The molecule has 2 rings (SSSR count). The van der Waals surface area contributed by atoms with Crippen molar-refractivity contribution in [2.75, 3.05) is 0 Å². The molecular formula is C14H18Si2. The van der Waals surface area contributed by atoms with Gasteiger partial charge in [-0.25, -0.2) is 0 Å². The lowest BCUT2D eigenvalue weighted by Crippen LogP contribution is -2.31.